The molecule has 0 radical (unpaired) electrons. The molecule has 0 spiro atoms. The summed E-state index contributed by atoms with van der Waals surface area (Å²) >= 11 is 0. The molecule has 0 bridgehead atoms. The first-order valence-electron chi connectivity index (χ1n) is 3.89. The highest BCUT2D eigenvalue weighted by Gasteiger charge is 1.99. The van der Waals surface area contributed by atoms with Gasteiger partial charge >= 0.3 is 0 Å². The maximum Gasteiger partial charge on any atom is 0.144 e. The Morgan fingerprint density at radius 2 is 2.15 bits per heavy atom. The van der Waals surface area contributed by atoms with E-state index in [1.54, 1.807) is 24.8 Å². The van der Waals surface area contributed by atoms with Crippen molar-refractivity contribution in [3.8, 4) is 11.3 Å². The Morgan fingerprint density at radius 3 is 2.69 bits per heavy atom. The predicted octanol–water partition coefficient (Wildman–Crippen LogP) is 0.908. The maximum atomic E-state index is 4.21. The van der Waals surface area contributed by atoms with Crippen molar-refractivity contribution in [2.45, 2.75) is 0 Å². The Labute approximate surface area is 75.2 Å². The molecule has 0 aliphatic carbocycles. The molecular weight excluding hydrogens is 166 g/mol. The molecule has 66 valence electrons. The van der Waals surface area contributed by atoms with Gasteiger partial charge in [0.15, 0.2) is 0 Å². The van der Waals surface area contributed by atoms with Crippen molar-refractivity contribution >= 4 is 5.82 Å². The molecule has 0 atom stereocenters. The second-order valence-electron chi connectivity index (χ2n) is 2.52. The van der Waals surface area contributed by atoms with Gasteiger partial charge in [0.1, 0.15) is 5.82 Å². The van der Waals surface area contributed by atoms with Crippen molar-refractivity contribution in [2.24, 2.45) is 0 Å². The highest BCUT2D eigenvalue weighted by Crippen LogP contribution is 2.13. The SMILES string of the molecule is CNc1cnc(-c2cn[nH]c2)cn1. The molecule has 5 nitrogen and oxygen atoms in total. The van der Waals surface area contributed by atoms with E-state index in [1.165, 1.54) is 0 Å². The number of aromatic nitrogens is 4. The molecule has 2 heterocycles. The number of hydrogen-bond donors (Lipinski definition) is 2. The van der Waals surface area contributed by atoms with Crippen molar-refractivity contribution in [1.29, 1.82) is 0 Å². The van der Waals surface area contributed by atoms with E-state index in [1.807, 2.05) is 7.05 Å². The number of rotatable bonds is 2. The smallest absolute Gasteiger partial charge is 0.144 e. The summed E-state index contributed by atoms with van der Waals surface area (Å²) in [6.07, 6.45) is 6.88. The van der Waals surface area contributed by atoms with Crippen LogP contribution in [0.2, 0.25) is 0 Å². The van der Waals surface area contributed by atoms with Crippen molar-refractivity contribution in [3.05, 3.63) is 24.8 Å². The van der Waals surface area contributed by atoms with Crippen LogP contribution in [-0.2, 0) is 0 Å². The van der Waals surface area contributed by atoms with Gasteiger partial charge in [-0.05, 0) is 0 Å². The summed E-state index contributed by atoms with van der Waals surface area (Å²) in [4.78, 5) is 8.34. The minimum Gasteiger partial charge on any atom is -0.372 e. The molecule has 2 rings (SSSR count). The average molecular weight is 175 g/mol. The molecule has 0 aliphatic rings. The third-order valence-corrected chi connectivity index (χ3v) is 1.70. The van der Waals surface area contributed by atoms with Gasteiger partial charge in [-0.15, -0.1) is 0 Å². The van der Waals surface area contributed by atoms with Crippen LogP contribution in [0.4, 0.5) is 5.82 Å². The highest BCUT2D eigenvalue weighted by atomic mass is 15.1. The lowest BCUT2D eigenvalue weighted by molar-refractivity contribution is 1.09. The first kappa shape index (κ1) is 7.72. The van der Waals surface area contributed by atoms with Gasteiger partial charge in [-0.2, -0.15) is 5.10 Å². The third-order valence-electron chi connectivity index (χ3n) is 1.70. The third kappa shape index (κ3) is 1.48. The lowest BCUT2D eigenvalue weighted by Gasteiger charge is -1.98. The minimum atomic E-state index is 0.757. The molecule has 13 heavy (non-hydrogen) atoms. The lowest BCUT2D eigenvalue weighted by atomic mass is 10.3. The number of nitrogens with one attached hydrogen (secondary N) is 2. The van der Waals surface area contributed by atoms with Crippen molar-refractivity contribution in [2.75, 3.05) is 12.4 Å². The van der Waals surface area contributed by atoms with E-state index in [9.17, 15) is 0 Å². The molecule has 0 aliphatic heterocycles. The Balaban J connectivity index is 2.33. The molecule has 0 unspecified atom stereocenters. The minimum absolute atomic E-state index is 0.757. The molecular formula is C8H9N5. The fraction of sp³-hybridized carbons (Fsp3) is 0.125. The van der Waals surface area contributed by atoms with Crippen LogP contribution in [-0.4, -0.2) is 27.2 Å². The zero-order valence-electron chi connectivity index (χ0n) is 7.15. The topological polar surface area (TPSA) is 66.5 Å². The van der Waals surface area contributed by atoms with E-state index < -0.39 is 0 Å². The largest absolute Gasteiger partial charge is 0.372 e. The lowest BCUT2D eigenvalue weighted by Crippen LogP contribution is -1.93. The van der Waals surface area contributed by atoms with Crippen LogP contribution in [0, 0.1) is 0 Å². The number of anilines is 1. The molecule has 2 N–H and O–H groups in total. The van der Waals surface area contributed by atoms with Crippen LogP contribution in [0.25, 0.3) is 11.3 Å². The fourth-order valence-corrected chi connectivity index (χ4v) is 0.997. The summed E-state index contributed by atoms with van der Waals surface area (Å²) in [6, 6.07) is 0. The summed E-state index contributed by atoms with van der Waals surface area (Å²) in [5.41, 5.74) is 1.75. The Kier molecular flexibility index (Phi) is 1.91. The van der Waals surface area contributed by atoms with Gasteiger partial charge in [-0.3, -0.25) is 10.1 Å². The summed E-state index contributed by atoms with van der Waals surface area (Å²) in [5, 5.41) is 9.46. The van der Waals surface area contributed by atoms with Crippen LogP contribution in [0.1, 0.15) is 0 Å². The average Bonchev–Trinajstić information content (AvgIpc) is 2.71. The van der Waals surface area contributed by atoms with E-state index in [0.717, 1.165) is 17.1 Å². The molecule has 2 aromatic rings. The van der Waals surface area contributed by atoms with Crippen molar-refractivity contribution in [3.63, 3.8) is 0 Å². The first-order chi connectivity index (χ1) is 6.40. The van der Waals surface area contributed by atoms with E-state index in [0.29, 0.717) is 0 Å². The van der Waals surface area contributed by atoms with Gasteiger partial charge in [0.2, 0.25) is 0 Å². The quantitative estimate of drug-likeness (QED) is 0.711. The molecule has 0 amide bonds. The summed E-state index contributed by atoms with van der Waals surface area (Å²) in [7, 11) is 1.81. The fourth-order valence-electron chi connectivity index (χ4n) is 0.997. The second kappa shape index (κ2) is 3.22. The molecule has 0 saturated carbocycles. The Bertz CT molecular complexity index is 364. The van der Waals surface area contributed by atoms with Gasteiger partial charge in [0.05, 0.1) is 24.3 Å². The van der Waals surface area contributed by atoms with Gasteiger partial charge in [0.25, 0.3) is 0 Å². The normalized spacial score (nSPS) is 9.92. The first-order valence-corrected chi connectivity index (χ1v) is 3.89. The zero-order valence-corrected chi connectivity index (χ0v) is 7.15. The van der Waals surface area contributed by atoms with Gasteiger partial charge < -0.3 is 5.32 Å². The van der Waals surface area contributed by atoms with Crippen molar-refractivity contribution < 1.29 is 0 Å². The van der Waals surface area contributed by atoms with E-state index >= 15 is 0 Å². The number of aromatic amines is 1. The summed E-state index contributed by atoms with van der Waals surface area (Å²) < 4.78 is 0. The van der Waals surface area contributed by atoms with Gasteiger partial charge in [0, 0.05) is 18.8 Å². The second-order valence-corrected chi connectivity index (χ2v) is 2.52. The number of hydrogen-bond acceptors (Lipinski definition) is 4. The van der Waals surface area contributed by atoms with Crippen LogP contribution in [0.5, 0.6) is 0 Å². The zero-order chi connectivity index (χ0) is 9.10. The standard InChI is InChI=1S/C8H9N5/c1-9-8-5-10-7(4-11-8)6-2-12-13-3-6/h2-5H,1H3,(H,9,11)(H,12,13). The number of H-pyrrole nitrogens is 1. The van der Waals surface area contributed by atoms with E-state index in [2.05, 4.69) is 25.5 Å². The Morgan fingerprint density at radius 1 is 1.23 bits per heavy atom. The van der Waals surface area contributed by atoms with Gasteiger partial charge in [-0.25, -0.2) is 4.98 Å². The van der Waals surface area contributed by atoms with Crippen LogP contribution in [0.3, 0.4) is 0 Å². The summed E-state index contributed by atoms with van der Waals surface area (Å²) in [6.45, 7) is 0. The molecule has 2 aromatic heterocycles. The van der Waals surface area contributed by atoms with Crippen LogP contribution >= 0.6 is 0 Å². The van der Waals surface area contributed by atoms with Crippen molar-refractivity contribution in [1.82, 2.24) is 20.2 Å². The molecule has 0 saturated heterocycles. The van der Waals surface area contributed by atoms with Crippen LogP contribution in [0.15, 0.2) is 24.8 Å². The molecule has 5 heteroatoms. The number of nitrogens with zero attached hydrogens (tertiary/aromatic N) is 3. The van der Waals surface area contributed by atoms with E-state index in [4.69, 9.17) is 0 Å². The summed E-state index contributed by atoms with van der Waals surface area (Å²) in [5.74, 6) is 0.757. The van der Waals surface area contributed by atoms with Crippen LogP contribution < -0.4 is 5.32 Å². The molecule has 0 aromatic carbocycles. The highest BCUT2D eigenvalue weighted by molar-refractivity contribution is 5.56. The monoisotopic (exact) mass is 175 g/mol. The Hall–Kier alpha value is -1.91. The molecule has 0 fully saturated rings. The maximum absolute atomic E-state index is 4.21. The van der Waals surface area contributed by atoms with E-state index in [-0.39, 0.29) is 0 Å². The predicted molar refractivity (Wildman–Crippen MR) is 49.2 cm³/mol. The van der Waals surface area contributed by atoms with Gasteiger partial charge in [-0.1, -0.05) is 0 Å².